The number of alkyl halides is 3. The first kappa shape index (κ1) is 16.1. The summed E-state index contributed by atoms with van der Waals surface area (Å²) in [5, 5.41) is 3.01. The standard InChI is InChI=1S/C12H15F4NOS/c1-2-17-8-9-4-3-5-10(13)11(9)18-6-7-19-12(14,15)16/h3-5,17H,2,6-8H2,1H3. The van der Waals surface area contributed by atoms with E-state index in [2.05, 4.69) is 5.32 Å². The molecule has 0 aliphatic heterocycles. The molecule has 0 fully saturated rings. The van der Waals surface area contributed by atoms with Gasteiger partial charge in [-0.1, -0.05) is 19.1 Å². The van der Waals surface area contributed by atoms with E-state index in [9.17, 15) is 17.6 Å². The van der Waals surface area contributed by atoms with Gasteiger partial charge in [0.05, 0.1) is 6.61 Å². The van der Waals surface area contributed by atoms with Crippen LogP contribution in [0.4, 0.5) is 17.6 Å². The Hall–Kier alpha value is -0.950. The van der Waals surface area contributed by atoms with Crippen molar-refractivity contribution in [1.29, 1.82) is 0 Å². The predicted molar refractivity (Wildman–Crippen MR) is 67.8 cm³/mol. The number of para-hydroxylation sites is 1. The molecule has 0 bridgehead atoms. The minimum Gasteiger partial charge on any atom is -0.489 e. The van der Waals surface area contributed by atoms with Gasteiger partial charge in [-0.25, -0.2) is 4.39 Å². The fraction of sp³-hybridized carbons (Fsp3) is 0.500. The number of thioether (sulfide) groups is 1. The van der Waals surface area contributed by atoms with Crippen LogP contribution >= 0.6 is 11.8 Å². The van der Waals surface area contributed by atoms with E-state index < -0.39 is 11.3 Å². The second-order valence-corrected chi connectivity index (χ2v) is 4.81. The SMILES string of the molecule is CCNCc1cccc(F)c1OCCSC(F)(F)F. The van der Waals surface area contributed by atoms with Gasteiger partial charge in [-0.2, -0.15) is 13.2 Å². The highest BCUT2D eigenvalue weighted by Crippen LogP contribution is 2.30. The van der Waals surface area contributed by atoms with Crippen molar-refractivity contribution in [1.82, 2.24) is 5.32 Å². The van der Waals surface area contributed by atoms with Crippen molar-refractivity contribution in [3.8, 4) is 5.75 Å². The number of hydrogen-bond donors (Lipinski definition) is 1. The molecule has 0 aliphatic rings. The van der Waals surface area contributed by atoms with Crippen molar-refractivity contribution in [3.05, 3.63) is 29.6 Å². The monoisotopic (exact) mass is 297 g/mol. The Bertz CT molecular complexity index is 398. The Balaban J connectivity index is 2.56. The smallest absolute Gasteiger partial charge is 0.441 e. The maximum absolute atomic E-state index is 13.6. The van der Waals surface area contributed by atoms with Gasteiger partial charge in [-0.3, -0.25) is 0 Å². The maximum Gasteiger partial charge on any atom is 0.441 e. The molecule has 0 spiro atoms. The molecule has 0 amide bonds. The second-order valence-electron chi connectivity index (χ2n) is 3.65. The Morgan fingerprint density at radius 2 is 2.05 bits per heavy atom. The minimum atomic E-state index is -4.29. The Morgan fingerprint density at radius 1 is 1.32 bits per heavy atom. The molecule has 0 radical (unpaired) electrons. The fourth-order valence-electron chi connectivity index (χ4n) is 1.42. The number of hydrogen-bond acceptors (Lipinski definition) is 3. The van der Waals surface area contributed by atoms with Crippen LogP contribution in [0.1, 0.15) is 12.5 Å². The van der Waals surface area contributed by atoms with Crippen LogP contribution in [0.15, 0.2) is 18.2 Å². The van der Waals surface area contributed by atoms with Gasteiger partial charge in [0.25, 0.3) is 0 Å². The topological polar surface area (TPSA) is 21.3 Å². The second kappa shape index (κ2) is 7.59. The van der Waals surface area contributed by atoms with E-state index in [1.165, 1.54) is 6.07 Å². The summed E-state index contributed by atoms with van der Waals surface area (Å²) >= 11 is -0.181. The van der Waals surface area contributed by atoms with Crippen molar-refractivity contribution >= 4 is 11.8 Å². The summed E-state index contributed by atoms with van der Waals surface area (Å²) in [4.78, 5) is 0. The molecule has 2 nitrogen and oxygen atoms in total. The van der Waals surface area contributed by atoms with Crippen LogP contribution in [0, 0.1) is 5.82 Å². The molecule has 1 rings (SSSR count). The first-order valence-electron chi connectivity index (χ1n) is 5.75. The average molecular weight is 297 g/mol. The summed E-state index contributed by atoms with van der Waals surface area (Å²) in [6, 6.07) is 4.44. The largest absolute Gasteiger partial charge is 0.489 e. The molecule has 0 heterocycles. The van der Waals surface area contributed by atoms with E-state index in [1.54, 1.807) is 12.1 Å². The summed E-state index contributed by atoms with van der Waals surface area (Å²) in [5.41, 5.74) is -3.69. The van der Waals surface area contributed by atoms with Crippen LogP contribution < -0.4 is 10.1 Å². The number of ether oxygens (including phenoxy) is 1. The summed E-state index contributed by atoms with van der Waals surface area (Å²) in [7, 11) is 0. The van der Waals surface area contributed by atoms with Gasteiger partial charge in [0.2, 0.25) is 0 Å². The Morgan fingerprint density at radius 3 is 2.68 bits per heavy atom. The summed E-state index contributed by atoms with van der Waals surface area (Å²) in [6.45, 7) is 2.83. The van der Waals surface area contributed by atoms with Gasteiger partial charge < -0.3 is 10.1 Å². The van der Waals surface area contributed by atoms with Gasteiger partial charge in [-0.15, -0.1) is 0 Å². The number of benzene rings is 1. The zero-order valence-electron chi connectivity index (χ0n) is 10.4. The summed E-state index contributed by atoms with van der Waals surface area (Å²) in [6.07, 6.45) is 0. The Kier molecular flexibility index (Phi) is 6.44. The van der Waals surface area contributed by atoms with Crippen molar-refractivity contribution in [2.24, 2.45) is 0 Å². The Labute approximate surface area is 113 Å². The van der Waals surface area contributed by atoms with Crippen LogP contribution in [0.2, 0.25) is 0 Å². The first-order chi connectivity index (χ1) is 8.94. The lowest BCUT2D eigenvalue weighted by molar-refractivity contribution is -0.0329. The van der Waals surface area contributed by atoms with E-state index in [1.807, 2.05) is 6.92 Å². The zero-order chi connectivity index (χ0) is 14.3. The molecule has 108 valence electrons. The molecule has 0 aliphatic carbocycles. The lowest BCUT2D eigenvalue weighted by atomic mass is 10.2. The lowest BCUT2D eigenvalue weighted by Crippen LogP contribution is -2.14. The summed E-state index contributed by atoms with van der Waals surface area (Å²) < 4.78 is 54.5. The van der Waals surface area contributed by atoms with Crippen LogP contribution in [0.25, 0.3) is 0 Å². The molecule has 0 unspecified atom stereocenters. The van der Waals surface area contributed by atoms with E-state index in [-0.39, 0.29) is 29.9 Å². The molecule has 0 saturated heterocycles. The van der Waals surface area contributed by atoms with Crippen LogP contribution in [0.3, 0.4) is 0 Å². The van der Waals surface area contributed by atoms with Gasteiger partial charge >= 0.3 is 5.51 Å². The predicted octanol–water partition coefficient (Wildman–Crippen LogP) is 3.57. The molecule has 19 heavy (non-hydrogen) atoms. The van der Waals surface area contributed by atoms with Crippen LogP contribution in [-0.4, -0.2) is 24.4 Å². The minimum absolute atomic E-state index is 0.0197. The van der Waals surface area contributed by atoms with Gasteiger partial charge in [-0.05, 0) is 24.4 Å². The highest BCUT2D eigenvalue weighted by atomic mass is 32.2. The fourth-order valence-corrected chi connectivity index (χ4v) is 1.81. The van der Waals surface area contributed by atoms with Gasteiger partial charge in [0.1, 0.15) is 0 Å². The molecule has 7 heteroatoms. The third-order valence-corrected chi connectivity index (χ3v) is 2.91. The van der Waals surface area contributed by atoms with Crippen LogP contribution in [0.5, 0.6) is 5.75 Å². The molecule has 0 atom stereocenters. The highest BCUT2D eigenvalue weighted by molar-refractivity contribution is 8.00. The van der Waals surface area contributed by atoms with E-state index in [0.717, 1.165) is 0 Å². The van der Waals surface area contributed by atoms with Gasteiger partial charge in [0, 0.05) is 17.9 Å². The van der Waals surface area contributed by atoms with Crippen molar-refractivity contribution < 1.29 is 22.3 Å². The highest BCUT2D eigenvalue weighted by Gasteiger charge is 2.27. The molecule has 0 saturated carbocycles. The van der Waals surface area contributed by atoms with E-state index >= 15 is 0 Å². The molecular weight excluding hydrogens is 282 g/mol. The van der Waals surface area contributed by atoms with Crippen LogP contribution in [-0.2, 0) is 6.54 Å². The van der Waals surface area contributed by atoms with Crippen molar-refractivity contribution in [3.63, 3.8) is 0 Å². The molecule has 1 aromatic carbocycles. The first-order valence-corrected chi connectivity index (χ1v) is 6.74. The molecule has 0 aromatic heterocycles. The molecule has 1 N–H and O–H groups in total. The van der Waals surface area contributed by atoms with E-state index in [4.69, 9.17) is 4.74 Å². The van der Waals surface area contributed by atoms with E-state index in [0.29, 0.717) is 18.7 Å². The molecule has 1 aromatic rings. The summed E-state index contributed by atoms with van der Waals surface area (Å²) in [5.74, 6) is -0.808. The quantitative estimate of drug-likeness (QED) is 0.614. The third-order valence-electron chi connectivity index (χ3n) is 2.21. The van der Waals surface area contributed by atoms with Gasteiger partial charge in [0.15, 0.2) is 11.6 Å². The lowest BCUT2D eigenvalue weighted by Gasteiger charge is -2.13. The zero-order valence-corrected chi connectivity index (χ0v) is 11.2. The van der Waals surface area contributed by atoms with Crippen molar-refractivity contribution in [2.45, 2.75) is 19.0 Å². The third kappa shape index (κ3) is 6.15. The van der Waals surface area contributed by atoms with Crippen molar-refractivity contribution in [2.75, 3.05) is 18.9 Å². The number of nitrogens with one attached hydrogen (secondary N) is 1. The number of rotatable bonds is 7. The average Bonchev–Trinajstić information content (AvgIpc) is 2.32. The number of halogens is 4. The normalized spacial score (nSPS) is 11.6. The maximum atomic E-state index is 13.6. The molecular formula is C12H15F4NOS.